The molecule has 1 spiro atoms. The van der Waals surface area contributed by atoms with Crippen LogP contribution in [0.3, 0.4) is 0 Å². The second-order valence-electron chi connectivity index (χ2n) is 9.22. The molecule has 2 unspecified atom stereocenters. The average molecular weight is 475 g/mol. The van der Waals surface area contributed by atoms with Crippen LogP contribution in [0.4, 0.5) is 5.69 Å². The highest BCUT2D eigenvalue weighted by Gasteiger charge is 2.56. The van der Waals surface area contributed by atoms with Gasteiger partial charge in [0.25, 0.3) is 0 Å². The van der Waals surface area contributed by atoms with Gasteiger partial charge in [0.15, 0.2) is 11.5 Å². The standard InChI is InChI=1S/C27H26N2O4S/c1-17-8-10-18(11-9-17)34(30,31)29-15-14-27-16-22(29)24-19(12-13-23(32-2)25(24)33-3)26(27)28-21-7-5-4-6-20(21)27/h4-13,22H,14-16H2,1-3H3. The summed E-state index contributed by atoms with van der Waals surface area (Å²) in [5, 5.41) is 0. The Labute approximate surface area is 199 Å². The molecule has 6 nitrogen and oxygen atoms in total. The van der Waals surface area contributed by atoms with Crippen LogP contribution >= 0.6 is 0 Å². The van der Waals surface area contributed by atoms with E-state index >= 15 is 0 Å². The van der Waals surface area contributed by atoms with E-state index in [0.717, 1.165) is 28.1 Å². The molecule has 34 heavy (non-hydrogen) atoms. The third kappa shape index (κ3) is 2.77. The highest BCUT2D eigenvalue weighted by molar-refractivity contribution is 7.89. The van der Waals surface area contributed by atoms with Gasteiger partial charge in [-0.1, -0.05) is 35.9 Å². The molecule has 174 valence electrons. The smallest absolute Gasteiger partial charge is 0.243 e. The summed E-state index contributed by atoms with van der Waals surface area (Å²) in [6.07, 6.45) is 1.29. The monoisotopic (exact) mass is 474 g/mol. The van der Waals surface area contributed by atoms with Crippen LogP contribution in [0.1, 0.15) is 41.1 Å². The minimum Gasteiger partial charge on any atom is -0.493 e. The van der Waals surface area contributed by atoms with Crippen LogP contribution in [-0.4, -0.2) is 39.2 Å². The number of benzene rings is 3. The normalized spacial score (nSPS) is 22.9. The van der Waals surface area contributed by atoms with Crippen molar-refractivity contribution in [2.45, 2.75) is 36.1 Å². The lowest BCUT2D eigenvalue weighted by atomic mass is 9.62. The van der Waals surface area contributed by atoms with Crippen molar-refractivity contribution < 1.29 is 17.9 Å². The largest absolute Gasteiger partial charge is 0.493 e. The molecule has 2 aliphatic heterocycles. The van der Waals surface area contributed by atoms with Gasteiger partial charge in [-0.15, -0.1) is 0 Å². The molecular weight excluding hydrogens is 448 g/mol. The average Bonchev–Trinajstić information content (AvgIpc) is 3.17. The summed E-state index contributed by atoms with van der Waals surface area (Å²) in [7, 11) is -0.526. The molecule has 1 fully saturated rings. The molecule has 1 saturated heterocycles. The van der Waals surface area contributed by atoms with E-state index in [0.29, 0.717) is 35.8 Å². The molecule has 0 radical (unpaired) electrons. The fraction of sp³-hybridized carbons (Fsp3) is 0.296. The van der Waals surface area contributed by atoms with Crippen molar-refractivity contribution >= 4 is 21.4 Å². The predicted molar refractivity (Wildman–Crippen MR) is 131 cm³/mol. The Morgan fingerprint density at radius 1 is 1.00 bits per heavy atom. The van der Waals surface area contributed by atoms with Gasteiger partial charge in [0.05, 0.1) is 36.6 Å². The summed E-state index contributed by atoms with van der Waals surface area (Å²) in [6.45, 7) is 2.35. The van der Waals surface area contributed by atoms with Crippen molar-refractivity contribution in [3.8, 4) is 11.5 Å². The third-order valence-electron chi connectivity index (χ3n) is 7.55. The maximum Gasteiger partial charge on any atom is 0.243 e. The van der Waals surface area contributed by atoms with Crippen LogP contribution in [0.25, 0.3) is 0 Å². The number of fused-ring (bicyclic) bond motifs is 5. The van der Waals surface area contributed by atoms with Gasteiger partial charge in [0, 0.05) is 23.1 Å². The molecule has 2 bridgehead atoms. The van der Waals surface area contributed by atoms with Crippen molar-refractivity contribution in [1.82, 2.24) is 4.31 Å². The number of aliphatic imine (C=N–C) groups is 1. The molecule has 0 amide bonds. The maximum atomic E-state index is 13.9. The molecule has 6 rings (SSSR count). The van der Waals surface area contributed by atoms with Gasteiger partial charge in [-0.25, -0.2) is 8.42 Å². The zero-order valence-corrected chi connectivity index (χ0v) is 20.2. The fourth-order valence-electron chi connectivity index (χ4n) is 5.97. The second kappa shape index (κ2) is 7.42. The van der Waals surface area contributed by atoms with Crippen LogP contribution in [0.2, 0.25) is 0 Å². The molecule has 0 saturated carbocycles. The molecule has 2 heterocycles. The number of nitrogens with zero attached hydrogens (tertiary/aromatic N) is 2. The topological polar surface area (TPSA) is 68.2 Å². The first-order valence-electron chi connectivity index (χ1n) is 11.4. The van der Waals surface area contributed by atoms with E-state index in [4.69, 9.17) is 14.5 Å². The quantitative estimate of drug-likeness (QED) is 0.538. The zero-order chi connectivity index (χ0) is 23.7. The number of aryl methyl sites for hydroxylation is 1. The highest BCUT2D eigenvalue weighted by Crippen LogP contribution is 2.59. The Morgan fingerprint density at radius 3 is 2.50 bits per heavy atom. The van der Waals surface area contributed by atoms with Gasteiger partial charge in [-0.05, 0) is 55.7 Å². The van der Waals surface area contributed by atoms with Crippen LogP contribution in [0.15, 0.2) is 70.6 Å². The van der Waals surface area contributed by atoms with E-state index in [1.54, 1.807) is 30.7 Å². The molecule has 0 aromatic heterocycles. The van der Waals surface area contributed by atoms with Crippen LogP contribution in [-0.2, 0) is 15.4 Å². The van der Waals surface area contributed by atoms with Crippen LogP contribution < -0.4 is 9.47 Å². The van der Waals surface area contributed by atoms with Gasteiger partial charge in [-0.3, -0.25) is 4.99 Å². The number of piperidine rings is 1. The van der Waals surface area contributed by atoms with Gasteiger partial charge in [0.2, 0.25) is 10.0 Å². The highest BCUT2D eigenvalue weighted by atomic mass is 32.2. The Hall–Kier alpha value is -3.16. The lowest BCUT2D eigenvalue weighted by Crippen LogP contribution is -2.53. The molecule has 2 atom stereocenters. The maximum absolute atomic E-state index is 13.9. The van der Waals surface area contributed by atoms with Gasteiger partial charge in [0.1, 0.15) is 0 Å². The Bertz CT molecular complexity index is 1450. The van der Waals surface area contributed by atoms with Crippen molar-refractivity contribution in [1.29, 1.82) is 0 Å². The van der Waals surface area contributed by atoms with Crippen LogP contribution in [0, 0.1) is 6.92 Å². The molecule has 3 aromatic carbocycles. The first-order valence-corrected chi connectivity index (χ1v) is 12.9. The first kappa shape index (κ1) is 21.4. The summed E-state index contributed by atoms with van der Waals surface area (Å²) in [5.74, 6) is 1.16. The lowest BCUT2D eigenvalue weighted by Gasteiger charge is -2.49. The van der Waals surface area contributed by atoms with Crippen molar-refractivity contribution in [3.63, 3.8) is 0 Å². The van der Waals surface area contributed by atoms with Crippen molar-refractivity contribution in [2.75, 3.05) is 20.8 Å². The van der Waals surface area contributed by atoms with Gasteiger partial charge < -0.3 is 9.47 Å². The Morgan fingerprint density at radius 2 is 1.76 bits per heavy atom. The zero-order valence-electron chi connectivity index (χ0n) is 19.4. The number of para-hydroxylation sites is 1. The number of hydrogen-bond acceptors (Lipinski definition) is 5. The second-order valence-corrected chi connectivity index (χ2v) is 11.1. The number of methoxy groups -OCH3 is 2. The van der Waals surface area contributed by atoms with E-state index in [1.165, 1.54) is 5.56 Å². The van der Waals surface area contributed by atoms with Crippen LogP contribution in [0.5, 0.6) is 11.5 Å². The van der Waals surface area contributed by atoms with E-state index in [9.17, 15) is 8.42 Å². The Kier molecular flexibility index (Phi) is 4.66. The first-order chi connectivity index (χ1) is 16.4. The molecule has 3 aliphatic rings. The summed E-state index contributed by atoms with van der Waals surface area (Å²) in [6, 6.07) is 18.8. The molecular formula is C27H26N2O4S. The third-order valence-corrected chi connectivity index (χ3v) is 9.48. The molecule has 7 heteroatoms. The van der Waals surface area contributed by atoms with Crippen molar-refractivity contribution in [3.05, 3.63) is 82.9 Å². The summed E-state index contributed by atoms with van der Waals surface area (Å²) >= 11 is 0. The van der Waals surface area contributed by atoms with E-state index in [2.05, 4.69) is 6.07 Å². The minimum atomic E-state index is -3.73. The lowest BCUT2D eigenvalue weighted by molar-refractivity contribution is 0.197. The van der Waals surface area contributed by atoms with E-state index in [-0.39, 0.29) is 5.41 Å². The summed E-state index contributed by atoms with van der Waals surface area (Å²) in [4.78, 5) is 5.37. The fourth-order valence-corrected chi connectivity index (χ4v) is 7.56. The van der Waals surface area contributed by atoms with Gasteiger partial charge in [-0.2, -0.15) is 4.31 Å². The van der Waals surface area contributed by atoms with Crippen molar-refractivity contribution in [2.24, 2.45) is 4.99 Å². The van der Waals surface area contributed by atoms with Gasteiger partial charge >= 0.3 is 0 Å². The number of hydrogen-bond donors (Lipinski definition) is 0. The minimum absolute atomic E-state index is 0.309. The molecule has 0 N–H and O–H groups in total. The Balaban J connectivity index is 1.59. The predicted octanol–water partition coefficient (Wildman–Crippen LogP) is 4.92. The SMILES string of the molecule is COc1ccc2c(c1OC)C1CC3(CCN1S(=O)(=O)c1ccc(C)cc1)C2=Nc1ccccc13. The number of sulfonamides is 1. The number of ether oxygens (including phenoxy) is 2. The number of rotatable bonds is 4. The summed E-state index contributed by atoms with van der Waals surface area (Å²) < 4.78 is 40.9. The van der Waals surface area contributed by atoms with E-state index < -0.39 is 16.1 Å². The van der Waals surface area contributed by atoms with E-state index in [1.807, 2.05) is 49.4 Å². The summed E-state index contributed by atoms with van der Waals surface area (Å²) in [5.41, 5.74) is 5.64. The molecule has 3 aromatic rings. The molecule has 1 aliphatic carbocycles.